The van der Waals surface area contributed by atoms with Gasteiger partial charge in [-0.15, -0.1) is 0 Å². The van der Waals surface area contributed by atoms with Gasteiger partial charge in [-0.05, 0) is 93.8 Å². The molecule has 0 bridgehead atoms. The lowest BCUT2D eigenvalue weighted by atomic mass is 9.86. The number of hydrogen-bond donors (Lipinski definition) is 2. The number of carbonyl (C=O) groups excluding carboxylic acids is 1. The van der Waals surface area contributed by atoms with Crippen LogP contribution in [0.2, 0.25) is 0 Å². The highest BCUT2D eigenvalue weighted by molar-refractivity contribution is 6.03. The molecule has 248 valence electrons. The van der Waals surface area contributed by atoms with E-state index in [0.717, 1.165) is 36.0 Å². The van der Waals surface area contributed by atoms with Crippen molar-refractivity contribution in [3.63, 3.8) is 0 Å². The first-order valence-corrected chi connectivity index (χ1v) is 16.1. The highest BCUT2D eigenvalue weighted by Crippen LogP contribution is 2.47. The largest absolute Gasteiger partial charge is 0.479 e. The Labute approximate surface area is 276 Å². The molecule has 0 spiro atoms. The van der Waals surface area contributed by atoms with E-state index in [4.69, 9.17) is 23.4 Å². The van der Waals surface area contributed by atoms with E-state index < -0.39 is 11.5 Å². The summed E-state index contributed by atoms with van der Waals surface area (Å²) in [5.41, 5.74) is 5.24. The van der Waals surface area contributed by atoms with Gasteiger partial charge in [0.05, 0.1) is 44.2 Å². The summed E-state index contributed by atoms with van der Waals surface area (Å²) in [5.74, 6) is 1.02. The molecule has 0 unspecified atom stereocenters. The van der Waals surface area contributed by atoms with Crippen molar-refractivity contribution >= 4 is 17.5 Å². The maximum Gasteiger partial charge on any atom is 0.291 e. The fourth-order valence-corrected chi connectivity index (χ4v) is 6.77. The highest BCUT2D eigenvalue weighted by atomic mass is 16.5. The molecule has 1 fully saturated rings. The Kier molecular flexibility index (Phi) is 9.00. The van der Waals surface area contributed by atoms with Gasteiger partial charge >= 0.3 is 0 Å². The van der Waals surface area contributed by atoms with Crippen LogP contribution in [0.5, 0.6) is 11.8 Å². The SMILES string of the molecule is COc1nc(N[C@@H]2CCC[C@H]2OCc2ccccc2)nc(OC)c1NC(=O)c1ccc(Cc2cc3c(cc2C)C(C)(C)OC3(C)C)o1. The first-order valence-electron chi connectivity index (χ1n) is 16.1. The topological polar surface area (TPSA) is 117 Å². The third kappa shape index (κ3) is 6.84. The molecule has 0 saturated heterocycles. The first kappa shape index (κ1) is 32.5. The van der Waals surface area contributed by atoms with Crippen LogP contribution in [0.4, 0.5) is 11.6 Å². The number of aryl methyl sites for hydroxylation is 1. The first-order chi connectivity index (χ1) is 22.5. The van der Waals surface area contributed by atoms with Crippen molar-refractivity contribution in [1.29, 1.82) is 0 Å². The number of amides is 1. The minimum Gasteiger partial charge on any atom is -0.479 e. The zero-order valence-corrected chi connectivity index (χ0v) is 28.2. The van der Waals surface area contributed by atoms with Crippen LogP contribution in [0.15, 0.2) is 59.0 Å². The number of hydrogen-bond acceptors (Lipinski definition) is 9. The van der Waals surface area contributed by atoms with Crippen molar-refractivity contribution in [3.8, 4) is 11.8 Å². The standard InChI is InChI=1S/C37H44N4O6/c1-22-18-26-27(37(4,5)47-36(26,2)3)20-24(22)19-25-16-17-30(46-25)32(42)39-31-33(43-6)40-35(41-34(31)44-7)38-28-14-11-15-29(28)45-21-23-12-9-8-10-13-23/h8-10,12-13,16-18,20,28-29H,11,14-15,19,21H2,1-7H3,(H,39,42)(H,38,40,41)/t28-,29-/m1/s1. The van der Waals surface area contributed by atoms with Crippen molar-refractivity contribution in [2.24, 2.45) is 0 Å². The van der Waals surface area contributed by atoms with E-state index in [0.29, 0.717) is 24.7 Å². The molecule has 1 aliphatic carbocycles. The molecular formula is C37H44N4O6. The second-order valence-electron chi connectivity index (χ2n) is 13.3. The average molecular weight is 641 g/mol. The van der Waals surface area contributed by atoms with Gasteiger partial charge in [0, 0.05) is 6.42 Å². The molecule has 1 saturated carbocycles. The molecule has 4 aromatic rings. The highest BCUT2D eigenvalue weighted by Gasteiger charge is 2.43. The van der Waals surface area contributed by atoms with E-state index in [-0.39, 0.29) is 41.0 Å². The Hall–Kier alpha value is -4.41. The van der Waals surface area contributed by atoms with Crippen LogP contribution in [-0.4, -0.2) is 42.2 Å². The van der Waals surface area contributed by atoms with Gasteiger partial charge in [-0.2, -0.15) is 9.97 Å². The van der Waals surface area contributed by atoms with Gasteiger partial charge in [0.15, 0.2) is 11.4 Å². The summed E-state index contributed by atoms with van der Waals surface area (Å²) in [5, 5.41) is 6.23. The smallest absolute Gasteiger partial charge is 0.291 e. The molecule has 10 nitrogen and oxygen atoms in total. The van der Waals surface area contributed by atoms with Gasteiger partial charge in [-0.3, -0.25) is 4.79 Å². The maximum atomic E-state index is 13.4. The normalized spacial score (nSPS) is 19.3. The molecule has 2 aliphatic rings. The van der Waals surface area contributed by atoms with Crippen molar-refractivity contribution < 1.29 is 28.2 Å². The average Bonchev–Trinajstić information content (AvgIpc) is 3.74. The number of furan rings is 1. The Morgan fingerprint density at radius 3 is 2.30 bits per heavy atom. The van der Waals surface area contributed by atoms with Crippen molar-refractivity contribution in [2.45, 2.75) is 90.3 Å². The van der Waals surface area contributed by atoms with E-state index in [1.807, 2.05) is 24.3 Å². The summed E-state index contributed by atoms with van der Waals surface area (Å²) in [4.78, 5) is 22.5. The Balaban J connectivity index is 1.14. The molecule has 10 heteroatoms. The van der Waals surface area contributed by atoms with Crippen molar-refractivity contribution in [3.05, 3.63) is 93.9 Å². The second-order valence-corrected chi connectivity index (χ2v) is 13.3. The van der Waals surface area contributed by atoms with Gasteiger partial charge in [0.2, 0.25) is 17.7 Å². The monoisotopic (exact) mass is 640 g/mol. The van der Waals surface area contributed by atoms with Crippen molar-refractivity contribution in [1.82, 2.24) is 9.97 Å². The number of ether oxygens (including phenoxy) is 4. The van der Waals surface area contributed by atoms with Gasteiger partial charge < -0.3 is 34.0 Å². The summed E-state index contributed by atoms with van der Waals surface area (Å²) in [7, 11) is 2.97. The number of fused-ring (bicyclic) bond motifs is 1. The van der Waals surface area contributed by atoms with Crippen LogP contribution in [0.3, 0.4) is 0 Å². The number of aromatic nitrogens is 2. The minimum atomic E-state index is -0.468. The third-order valence-corrected chi connectivity index (χ3v) is 9.08. The van der Waals surface area contributed by atoms with Crippen molar-refractivity contribution in [2.75, 3.05) is 24.9 Å². The van der Waals surface area contributed by atoms with Crippen LogP contribution in [0, 0.1) is 6.92 Å². The van der Waals surface area contributed by atoms with E-state index in [9.17, 15) is 4.79 Å². The van der Waals surface area contributed by atoms with Gasteiger partial charge in [0.25, 0.3) is 5.91 Å². The van der Waals surface area contributed by atoms with Crippen LogP contribution in [0.25, 0.3) is 0 Å². The molecular weight excluding hydrogens is 596 g/mol. The van der Waals surface area contributed by atoms with E-state index in [1.165, 1.54) is 25.3 Å². The lowest BCUT2D eigenvalue weighted by Gasteiger charge is -2.24. The lowest BCUT2D eigenvalue weighted by molar-refractivity contribution is -0.105. The molecule has 2 N–H and O–H groups in total. The number of nitrogens with zero attached hydrogens (tertiary/aromatic N) is 2. The Morgan fingerprint density at radius 2 is 1.62 bits per heavy atom. The quantitative estimate of drug-likeness (QED) is 0.174. The van der Waals surface area contributed by atoms with Gasteiger partial charge in [0.1, 0.15) is 5.76 Å². The molecule has 47 heavy (non-hydrogen) atoms. The number of benzene rings is 2. The second kappa shape index (κ2) is 13.0. The molecule has 6 rings (SSSR count). The molecule has 0 radical (unpaired) electrons. The number of nitrogens with one attached hydrogen (secondary N) is 2. The summed E-state index contributed by atoms with van der Waals surface area (Å²) in [6, 6.07) is 18.0. The summed E-state index contributed by atoms with van der Waals surface area (Å²) >= 11 is 0. The predicted molar refractivity (Wildman–Crippen MR) is 179 cm³/mol. The van der Waals surface area contributed by atoms with E-state index in [2.05, 4.69) is 79.5 Å². The molecule has 3 heterocycles. The molecule has 1 aliphatic heterocycles. The van der Waals surface area contributed by atoms with E-state index >= 15 is 0 Å². The fraction of sp³-hybridized carbons (Fsp3) is 0.432. The van der Waals surface area contributed by atoms with E-state index in [1.54, 1.807) is 6.07 Å². The molecule has 2 aromatic carbocycles. The number of rotatable bonds is 11. The van der Waals surface area contributed by atoms with Crippen LogP contribution in [0.1, 0.15) is 91.1 Å². The minimum absolute atomic E-state index is 0.00980. The lowest BCUT2D eigenvalue weighted by Crippen LogP contribution is -2.31. The third-order valence-electron chi connectivity index (χ3n) is 9.08. The fourth-order valence-electron chi connectivity index (χ4n) is 6.77. The van der Waals surface area contributed by atoms with Crippen LogP contribution >= 0.6 is 0 Å². The molecule has 1 amide bonds. The van der Waals surface area contributed by atoms with Gasteiger partial charge in [-0.25, -0.2) is 0 Å². The predicted octanol–water partition coefficient (Wildman–Crippen LogP) is 7.29. The maximum absolute atomic E-state index is 13.4. The summed E-state index contributed by atoms with van der Waals surface area (Å²) < 4.78 is 29.8. The molecule has 2 atom stereocenters. The zero-order chi connectivity index (χ0) is 33.3. The van der Waals surface area contributed by atoms with Gasteiger partial charge in [-0.1, -0.05) is 42.5 Å². The number of carbonyl (C=O) groups is 1. The Morgan fingerprint density at radius 1 is 0.936 bits per heavy atom. The molecule has 2 aromatic heterocycles. The van der Waals surface area contributed by atoms with Crippen LogP contribution in [-0.2, 0) is 33.7 Å². The Bertz CT molecular complexity index is 1720. The summed E-state index contributed by atoms with van der Waals surface area (Å²) in [6.07, 6.45) is 3.43. The zero-order valence-electron chi connectivity index (χ0n) is 28.2. The number of methoxy groups -OCH3 is 2. The number of anilines is 2. The summed E-state index contributed by atoms with van der Waals surface area (Å²) in [6.45, 7) is 11.0. The van der Waals surface area contributed by atoms with Crippen LogP contribution < -0.4 is 20.1 Å².